The predicted octanol–water partition coefficient (Wildman–Crippen LogP) is 5.78. The molecule has 5 nitrogen and oxygen atoms in total. The average molecular weight is 425 g/mol. The molecule has 32 heavy (non-hydrogen) atoms. The molecule has 1 heterocycles. The monoisotopic (exact) mass is 425 g/mol. The van der Waals surface area contributed by atoms with Crippen molar-refractivity contribution in [2.45, 2.75) is 5.60 Å². The molecule has 0 fully saturated rings. The molecule has 0 unspecified atom stereocenters. The smallest absolute Gasteiger partial charge is 0.404 e. The van der Waals surface area contributed by atoms with Crippen LogP contribution in [0.25, 0.3) is 16.8 Å². The van der Waals surface area contributed by atoms with Crippen molar-refractivity contribution in [3.8, 4) is 11.5 Å². The van der Waals surface area contributed by atoms with Gasteiger partial charge in [0.25, 0.3) is 0 Å². The molecule has 0 aromatic heterocycles. The maximum Gasteiger partial charge on any atom is 0.404 e. The van der Waals surface area contributed by atoms with Gasteiger partial charge >= 0.3 is 6.09 Å². The number of hydrogen-bond donors (Lipinski definition) is 3. The Bertz CT molecular complexity index is 1230. The van der Waals surface area contributed by atoms with Crippen molar-refractivity contribution in [1.82, 2.24) is 5.32 Å². The van der Waals surface area contributed by atoms with E-state index in [0.29, 0.717) is 5.75 Å². The van der Waals surface area contributed by atoms with Gasteiger partial charge in [-0.15, -0.1) is 0 Å². The lowest BCUT2D eigenvalue weighted by Crippen LogP contribution is -2.34. The van der Waals surface area contributed by atoms with Gasteiger partial charge in [0.2, 0.25) is 0 Å². The van der Waals surface area contributed by atoms with Crippen LogP contribution in [0.2, 0.25) is 0 Å². The molecule has 0 saturated carbocycles. The number of ether oxygens (including phenoxy) is 1. The number of hydrogen-bond acceptors (Lipinski definition) is 3. The van der Waals surface area contributed by atoms with Crippen LogP contribution in [0.5, 0.6) is 11.5 Å². The van der Waals surface area contributed by atoms with Gasteiger partial charge in [-0.2, -0.15) is 0 Å². The lowest BCUT2D eigenvalue weighted by atomic mass is 9.83. The van der Waals surface area contributed by atoms with Crippen molar-refractivity contribution in [2.75, 3.05) is 7.05 Å². The molecule has 0 bridgehead atoms. The molecule has 5 heteroatoms. The highest BCUT2D eigenvalue weighted by Gasteiger charge is 2.38. The maximum absolute atomic E-state index is 10.7. The quantitative estimate of drug-likeness (QED) is 0.380. The number of carboxylic acid groups (broad SMARTS) is 1. The van der Waals surface area contributed by atoms with Crippen molar-refractivity contribution < 1.29 is 19.7 Å². The molecule has 5 rings (SSSR count). The summed E-state index contributed by atoms with van der Waals surface area (Å²) in [6, 6.07) is 30.0. The molecule has 1 aliphatic heterocycles. The maximum atomic E-state index is 10.7. The van der Waals surface area contributed by atoms with Gasteiger partial charge in [-0.05, 0) is 29.0 Å². The lowest BCUT2D eigenvalue weighted by Gasteiger charge is -2.36. The summed E-state index contributed by atoms with van der Waals surface area (Å²) in [6.07, 6.45) is 3.16. The van der Waals surface area contributed by atoms with E-state index >= 15 is 0 Å². The van der Waals surface area contributed by atoms with E-state index < -0.39 is 11.7 Å². The Hall–Kier alpha value is -4.25. The molecule has 0 aliphatic carbocycles. The normalized spacial score (nSPS) is 13.3. The zero-order valence-corrected chi connectivity index (χ0v) is 17.5. The summed E-state index contributed by atoms with van der Waals surface area (Å²) >= 11 is 0. The highest BCUT2D eigenvalue weighted by atomic mass is 16.5. The first-order valence-corrected chi connectivity index (χ1v) is 10.2. The van der Waals surface area contributed by atoms with Crippen LogP contribution in [-0.2, 0) is 5.60 Å². The number of amides is 1. The molecule has 0 spiro atoms. The summed E-state index contributed by atoms with van der Waals surface area (Å²) in [7, 11) is 1.35. The van der Waals surface area contributed by atoms with Gasteiger partial charge < -0.3 is 20.3 Å². The molecule has 3 N–H and O–H groups in total. The van der Waals surface area contributed by atoms with Gasteiger partial charge in [0.05, 0.1) is 0 Å². The van der Waals surface area contributed by atoms with E-state index in [1.165, 1.54) is 7.05 Å². The molecule has 0 atom stereocenters. The molecule has 160 valence electrons. The van der Waals surface area contributed by atoms with Gasteiger partial charge in [0, 0.05) is 23.7 Å². The Morgan fingerprint density at radius 3 is 1.97 bits per heavy atom. The number of phenolic OH excluding ortho intramolecular Hbond substituents is 1. The number of nitrogens with one attached hydrogen (secondary N) is 1. The van der Waals surface area contributed by atoms with E-state index in [-0.39, 0.29) is 5.75 Å². The average Bonchev–Trinajstić information content (AvgIpc) is 2.85. The molecule has 0 saturated heterocycles. The molecule has 4 aromatic carbocycles. The fraction of sp³-hybridized carbons (Fsp3) is 0.0741. The SMILES string of the molecule is CNC(=O)O.Oc1cc2ccccc2c2c1OC(c1ccccc1)(c1ccccc1)C=C2. The summed E-state index contributed by atoms with van der Waals surface area (Å²) in [4.78, 5) is 9.26. The molecule has 1 aliphatic rings. The fourth-order valence-electron chi connectivity index (χ4n) is 3.86. The Balaban J connectivity index is 0.000000444. The third-order valence-corrected chi connectivity index (χ3v) is 5.39. The van der Waals surface area contributed by atoms with E-state index in [4.69, 9.17) is 9.84 Å². The fourth-order valence-corrected chi connectivity index (χ4v) is 3.86. The van der Waals surface area contributed by atoms with Gasteiger partial charge in [-0.25, -0.2) is 4.79 Å². The van der Waals surface area contributed by atoms with Crippen molar-refractivity contribution in [3.05, 3.63) is 114 Å². The predicted molar refractivity (Wildman–Crippen MR) is 126 cm³/mol. The van der Waals surface area contributed by atoms with Crippen LogP contribution >= 0.6 is 0 Å². The summed E-state index contributed by atoms with van der Waals surface area (Å²) in [5.74, 6) is 0.674. The second-order valence-corrected chi connectivity index (χ2v) is 7.32. The van der Waals surface area contributed by atoms with Crippen molar-refractivity contribution >= 4 is 22.9 Å². The second kappa shape index (κ2) is 8.86. The molecular formula is C27H23NO4. The first kappa shape index (κ1) is 21.0. The van der Waals surface area contributed by atoms with Crippen LogP contribution in [0.15, 0.2) is 97.1 Å². The standard InChI is InChI=1S/C25H18O2.C2H5NO2/c26-23-17-18-9-7-8-14-21(18)22-15-16-25(27-24(22)23,19-10-3-1-4-11-19)20-12-5-2-6-13-20;1-3-2(4)5/h1-17,26H;3H,1H3,(H,4,5). The van der Waals surface area contributed by atoms with E-state index in [9.17, 15) is 9.90 Å². The van der Waals surface area contributed by atoms with Crippen LogP contribution in [0.3, 0.4) is 0 Å². The molecule has 1 amide bonds. The Morgan fingerprint density at radius 2 is 1.41 bits per heavy atom. The summed E-state index contributed by atoms with van der Waals surface area (Å²) in [5, 5.41) is 22.3. The molecular weight excluding hydrogens is 402 g/mol. The van der Waals surface area contributed by atoms with E-state index in [0.717, 1.165) is 27.5 Å². The van der Waals surface area contributed by atoms with Crippen LogP contribution in [0, 0.1) is 0 Å². The number of carbonyl (C=O) groups is 1. The number of fused-ring (bicyclic) bond motifs is 3. The Kier molecular flexibility index (Phi) is 5.81. The summed E-state index contributed by atoms with van der Waals surface area (Å²) < 4.78 is 6.59. The minimum atomic E-state index is -0.995. The lowest BCUT2D eigenvalue weighted by molar-refractivity contribution is 0.155. The van der Waals surface area contributed by atoms with E-state index in [1.54, 1.807) is 6.07 Å². The molecule has 0 radical (unpaired) electrons. The topological polar surface area (TPSA) is 78.8 Å². The number of benzene rings is 4. The Labute approximate surface area is 186 Å². The molecule has 4 aromatic rings. The van der Waals surface area contributed by atoms with Crippen molar-refractivity contribution in [3.63, 3.8) is 0 Å². The highest BCUT2D eigenvalue weighted by molar-refractivity contribution is 5.96. The number of phenols is 1. The van der Waals surface area contributed by atoms with Gasteiger partial charge in [0.1, 0.15) is 0 Å². The highest BCUT2D eigenvalue weighted by Crippen LogP contribution is 2.47. The minimum absolute atomic E-state index is 0.157. The largest absolute Gasteiger partial charge is 0.504 e. The third-order valence-electron chi connectivity index (χ3n) is 5.39. The van der Waals surface area contributed by atoms with E-state index in [1.807, 2.05) is 59.9 Å². The summed E-state index contributed by atoms with van der Waals surface area (Å²) in [5.41, 5.74) is 2.17. The third kappa shape index (κ3) is 3.88. The van der Waals surface area contributed by atoms with Crippen LogP contribution < -0.4 is 10.1 Å². The van der Waals surface area contributed by atoms with Crippen LogP contribution in [0.4, 0.5) is 4.79 Å². The summed E-state index contributed by atoms with van der Waals surface area (Å²) in [6.45, 7) is 0. The number of rotatable bonds is 2. The van der Waals surface area contributed by atoms with Gasteiger partial charge in [-0.1, -0.05) is 84.9 Å². The van der Waals surface area contributed by atoms with E-state index in [2.05, 4.69) is 42.5 Å². The number of aromatic hydroxyl groups is 1. The van der Waals surface area contributed by atoms with Crippen molar-refractivity contribution in [1.29, 1.82) is 0 Å². The van der Waals surface area contributed by atoms with Gasteiger partial charge in [0.15, 0.2) is 17.1 Å². The zero-order valence-electron chi connectivity index (χ0n) is 17.5. The first-order chi connectivity index (χ1) is 15.5. The minimum Gasteiger partial charge on any atom is -0.504 e. The first-order valence-electron chi connectivity index (χ1n) is 10.2. The van der Waals surface area contributed by atoms with Crippen LogP contribution in [-0.4, -0.2) is 23.4 Å². The van der Waals surface area contributed by atoms with Crippen molar-refractivity contribution in [2.24, 2.45) is 0 Å². The van der Waals surface area contributed by atoms with Gasteiger partial charge in [-0.3, -0.25) is 0 Å². The zero-order chi connectivity index (χ0) is 22.6. The second-order valence-electron chi connectivity index (χ2n) is 7.32. The van der Waals surface area contributed by atoms with Crippen LogP contribution in [0.1, 0.15) is 16.7 Å². The Morgan fingerprint density at radius 1 is 0.875 bits per heavy atom.